The fourth-order valence-corrected chi connectivity index (χ4v) is 4.91. The van der Waals surface area contributed by atoms with Crippen molar-refractivity contribution >= 4 is 52.3 Å². The number of hydrazone groups is 1. The van der Waals surface area contributed by atoms with Crippen LogP contribution in [0, 0.1) is 10.1 Å². The van der Waals surface area contributed by atoms with E-state index in [0.717, 1.165) is 23.4 Å². The van der Waals surface area contributed by atoms with Gasteiger partial charge in [0.05, 0.1) is 27.7 Å². The van der Waals surface area contributed by atoms with Gasteiger partial charge in [-0.3, -0.25) is 19.8 Å². The lowest BCUT2D eigenvalue weighted by Crippen LogP contribution is -2.38. The van der Waals surface area contributed by atoms with Gasteiger partial charge in [0, 0.05) is 40.5 Å². The minimum atomic E-state index is -0.474. The molecule has 1 N–H and O–H groups in total. The number of hydrogen-bond donors (Lipinski definition) is 1. The Labute approximate surface area is 198 Å². The minimum Gasteiger partial charge on any atom is -0.290 e. The molecule has 2 heterocycles. The molecule has 0 unspecified atom stereocenters. The predicted molar refractivity (Wildman–Crippen MR) is 128 cm³/mol. The van der Waals surface area contributed by atoms with E-state index in [9.17, 15) is 14.9 Å². The Kier molecular flexibility index (Phi) is 6.86. The van der Waals surface area contributed by atoms with Gasteiger partial charge < -0.3 is 0 Å². The number of halogens is 2. The zero-order valence-electron chi connectivity index (χ0n) is 16.8. The van der Waals surface area contributed by atoms with Gasteiger partial charge in [-0.15, -0.1) is 11.3 Å². The second kappa shape index (κ2) is 9.79. The number of thiophene rings is 1. The molecular weight excluding hydrogens is 471 g/mol. The van der Waals surface area contributed by atoms with Crippen molar-refractivity contribution in [2.24, 2.45) is 5.10 Å². The minimum absolute atomic E-state index is 0.0274. The molecule has 4 rings (SSSR count). The number of nitrogens with zero attached hydrogens (tertiary/aromatic N) is 3. The number of nitrogens with one attached hydrogen (secondary N) is 1. The highest BCUT2D eigenvalue weighted by atomic mass is 35.5. The van der Waals surface area contributed by atoms with Crippen LogP contribution < -0.4 is 5.43 Å². The number of nitro groups is 1. The highest BCUT2D eigenvalue weighted by Crippen LogP contribution is 2.37. The van der Waals surface area contributed by atoms with Crippen LogP contribution in [0.15, 0.2) is 53.6 Å². The molecule has 10 heteroatoms. The fourth-order valence-electron chi connectivity index (χ4n) is 3.45. The van der Waals surface area contributed by atoms with E-state index in [-0.39, 0.29) is 18.1 Å². The van der Waals surface area contributed by atoms with Crippen LogP contribution in [0.4, 0.5) is 5.69 Å². The smallest absolute Gasteiger partial charge is 0.270 e. The number of hydrogen-bond acceptors (Lipinski definition) is 6. The first-order chi connectivity index (χ1) is 15.4. The molecule has 1 aliphatic heterocycles. The molecule has 7 nitrogen and oxygen atoms in total. The van der Waals surface area contributed by atoms with Crippen LogP contribution in [0.3, 0.4) is 0 Å². The summed E-state index contributed by atoms with van der Waals surface area (Å²) in [6, 6.07) is 13.8. The normalized spacial score (nSPS) is 13.8. The summed E-state index contributed by atoms with van der Waals surface area (Å²) in [4.78, 5) is 27.1. The molecular formula is C22H18Cl2N4O3S. The average molecular weight is 489 g/mol. The van der Waals surface area contributed by atoms with Crippen LogP contribution in [-0.4, -0.2) is 35.0 Å². The van der Waals surface area contributed by atoms with E-state index in [2.05, 4.69) is 21.5 Å². The van der Waals surface area contributed by atoms with E-state index in [0.29, 0.717) is 22.2 Å². The monoisotopic (exact) mass is 488 g/mol. The largest absolute Gasteiger partial charge is 0.290 e. The molecule has 0 saturated heterocycles. The molecule has 0 bridgehead atoms. The summed E-state index contributed by atoms with van der Waals surface area (Å²) < 4.78 is 0. The number of fused-ring (bicyclic) bond motifs is 1. The van der Waals surface area contributed by atoms with Gasteiger partial charge in [-0.2, -0.15) is 5.10 Å². The number of rotatable bonds is 6. The molecule has 3 aromatic rings. The third kappa shape index (κ3) is 5.34. The second-order valence-electron chi connectivity index (χ2n) is 7.29. The molecule has 0 atom stereocenters. The maximum atomic E-state index is 12.3. The molecule has 1 amide bonds. The fraction of sp³-hybridized carbons (Fsp3) is 0.182. The molecule has 0 radical (unpaired) electrons. The third-order valence-electron chi connectivity index (χ3n) is 5.00. The third-order valence-corrected chi connectivity index (χ3v) is 7.03. The van der Waals surface area contributed by atoms with E-state index in [1.807, 2.05) is 12.1 Å². The van der Waals surface area contributed by atoms with Crippen molar-refractivity contribution in [1.29, 1.82) is 0 Å². The molecule has 1 aliphatic rings. The van der Waals surface area contributed by atoms with E-state index in [1.54, 1.807) is 29.5 Å². The number of nitro benzene ring substituents is 1. The maximum Gasteiger partial charge on any atom is 0.270 e. The van der Waals surface area contributed by atoms with Gasteiger partial charge in [0.1, 0.15) is 0 Å². The zero-order chi connectivity index (χ0) is 22.7. The van der Waals surface area contributed by atoms with Gasteiger partial charge in [0.2, 0.25) is 0 Å². The number of carbonyl (C=O) groups is 1. The lowest BCUT2D eigenvalue weighted by Gasteiger charge is -2.25. The highest BCUT2D eigenvalue weighted by molar-refractivity contribution is 7.15. The molecule has 2 aromatic carbocycles. The summed E-state index contributed by atoms with van der Waals surface area (Å²) in [5.41, 5.74) is 5.23. The van der Waals surface area contributed by atoms with Crippen molar-refractivity contribution in [1.82, 2.24) is 10.3 Å². The molecule has 0 fully saturated rings. The SMILES string of the molecule is O=C(CN1CCc2sc(-c3ccc(Cl)c(Cl)c3)cc2C1)NN=Cc1cccc([N+](=O)[O-])c1. The van der Waals surface area contributed by atoms with Crippen molar-refractivity contribution in [3.05, 3.63) is 84.7 Å². The van der Waals surface area contributed by atoms with Crippen LogP contribution in [0.1, 0.15) is 16.0 Å². The van der Waals surface area contributed by atoms with Crippen LogP contribution in [-0.2, 0) is 17.8 Å². The van der Waals surface area contributed by atoms with E-state index >= 15 is 0 Å². The lowest BCUT2D eigenvalue weighted by molar-refractivity contribution is -0.384. The molecule has 0 saturated carbocycles. The van der Waals surface area contributed by atoms with Crippen LogP contribution >= 0.6 is 34.5 Å². The highest BCUT2D eigenvalue weighted by Gasteiger charge is 2.21. The number of non-ortho nitro benzene ring substituents is 1. The molecule has 1 aromatic heterocycles. The first kappa shape index (κ1) is 22.4. The number of carbonyl (C=O) groups excluding carboxylic acids is 1. The van der Waals surface area contributed by atoms with Gasteiger partial charge >= 0.3 is 0 Å². The number of amides is 1. The van der Waals surface area contributed by atoms with E-state index in [1.165, 1.54) is 28.8 Å². The Morgan fingerprint density at radius 3 is 2.84 bits per heavy atom. The van der Waals surface area contributed by atoms with Gasteiger partial charge in [0.15, 0.2) is 0 Å². The van der Waals surface area contributed by atoms with E-state index in [4.69, 9.17) is 23.2 Å². The Morgan fingerprint density at radius 1 is 1.22 bits per heavy atom. The topological polar surface area (TPSA) is 87.8 Å². The van der Waals surface area contributed by atoms with Crippen LogP contribution in [0.2, 0.25) is 10.0 Å². The predicted octanol–water partition coefficient (Wildman–Crippen LogP) is 5.14. The summed E-state index contributed by atoms with van der Waals surface area (Å²) in [6.45, 7) is 1.66. The Bertz CT molecular complexity index is 1210. The van der Waals surface area contributed by atoms with Crippen molar-refractivity contribution in [3.63, 3.8) is 0 Å². The molecule has 164 valence electrons. The summed E-state index contributed by atoms with van der Waals surface area (Å²) in [5, 5.41) is 15.8. The number of benzene rings is 2. The van der Waals surface area contributed by atoms with Crippen molar-refractivity contribution in [2.45, 2.75) is 13.0 Å². The van der Waals surface area contributed by atoms with Crippen LogP contribution in [0.25, 0.3) is 10.4 Å². The van der Waals surface area contributed by atoms with Gasteiger partial charge in [0.25, 0.3) is 11.6 Å². The van der Waals surface area contributed by atoms with Crippen molar-refractivity contribution < 1.29 is 9.72 Å². The van der Waals surface area contributed by atoms with E-state index < -0.39 is 4.92 Å². The Balaban J connectivity index is 1.34. The molecule has 0 spiro atoms. The molecule has 32 heavy (non-hydrogen) atoms. The Morgan fingerprint density at radius 2 is 2.06 bits per heavy atom. The standard InChI is InChI=1S/C22H18Cl2N4O3S/c23-18-5-4-15(9-19(18)24)21-10-16-12-27(7-6-20(16)32-21)13-22(29)26-25-11-14-2-1-3-17(8-14)28(30)31/h1-5,8-11H,6-7,12-13H2,(H,26,29). The summed E-state index contributed by atoms with van der Waals surface area (Å²) in [5.74, 6) is -0.241. The first-order valence-corrected chi connectivity index (χ1v) is 11.3. The van der Waals surface area contributed by atoms with Crippen LogP contribution in [0.5, 0.6) is 0 Å². The quantitative estimate of drug-likeness (QED) is 0.295. The van der Waals surface area contributed by atoms with Crippen molar-refractivity contribution in [2.75, 3.05) is 13.1 Å². The summed E-state index contributed by atoms with van der Waals surface area (Å²) in [6.07, 6.45) is 2.26. The maximum absolute atomic E-state index is 12.3. The summed E-state index contributed by atoms with van der Waals surface area (Å²) >= 11 is 13.9. The second-order valence-corrected chi connectivity index (χ2v) is 9.25. The lowest BCUT2D eigenvalue weighted by atomic mass is 10.1. The van der Waals surface area contributed by atoms with Gasteiger partial charge in [-0.25, -0.2) is 5.43 Å². The zero-order valence-corrected chi connectivity index (χ0v) is 19.1. The molecule has 0 aliphatic carbocycles. The first-order valence-electron chi connectivity index (χ1n) is 9.75. The van der Waals surface area contributed by atoms with Gasteiger partial charge in [-0.1, -0.05) is 41.4 Å². The Hall–Kier alpha value is -2.78. The van der Waals surface area contributed by atoms with Crippen molar-refractivity contribution in [3.8, 4) is 10.4 Å². The van der Waals surface area contributed by atoms with Gasteiger partial charge in [-0.05, 0) is 35.7 Å². The summed E-state index contributed by atoms with van der Waals surface area (Å²) in [7, 11) is 0. The average Bonchev–Trinajstić information content (AvgIpc) is 3.19.